The van der Waals surface area contributed by atoms with Crippen molar-refractivity contribution in [1.82, 2.24) is 4.98 Å². The van der Waals surface area contributed by atoms with Crippen LogP contribution in [-0.4, -0.2) is 17.4 Å². The fourth-order valence-corrected chi connectivity index (χ4v) is 2.55. The Hall–Kier alpha value is -2.64. The van der Waals surface area contributed by atoms with Crippen LogP contribution in [-0.2, 0) is 11.3 Å². The number of rotatable bonds is 4. The molecule has 126 valence electrons. The van der Waals surface area contributed by atoms with Crippen LogP contribution in [0.25, 0.3) is 0 Å². The lowest BCUT2D eigenvalue weighted by Gasteiger charge is -2.16. The molecule has 0 bridgehead atoms. The molecule has 24 heavy (non-hydrogen) atoms. The fourth-order valence-electron chi connectivity index (χ4n) is 2.55. The number of carbonyl (C=O) groups is 1. The molecular weight excluding hydrogens is 326 g/mol. The standard InChI is InChI=1S/C16H13F4N3O/c17-12-14(13(18)16(20)22-15(12)19)21-8-9-3-5-10(6-4-9)23-7-1-2-11(23)24/h3-6H,1-2,7-8H2,(H,21,22). The van der Waals surface area contributed by atoms with Crippen molar-refractivity contribution in [3.05, 3.63) is 53.4 Å². The summed E-state index contributed by atoms with van der Waals surface area (Å²) < 4.78 is 53.1. The highest BCUT2D eigenvalue weighted by Gasteiger charge is 2.22. The minimum atomic E-state index is -1.71. The van der Waals surface area contributed by atoms with Crippen LogP contribution in [0.2, 0.25) is 0 Å². The van der Waals surface area contributed by atoms with Crippen LogP contribution in [0.15, 0.2) is 24.3 Å². The number of carbonyl (C=O) groups excluding carboxylic acids is 1. The molecule has 4 nitrogen and oxygen atoms in total. The number of nitrogens with one attached hydrogen (secondary N) is 1. The van der Waals surface area contributed by atoms with Crippen LogP contribution in [0.5, 0.6) is 0 Å². The first-order valence-electron chi connectivity index (χ1n) is 7.30. The summed E-state index contributed by atoms with van der Waals surface area (Å²) >= 11 is 0. The van der Waals surface area contributed by atoms with Gasteiger partial charge >= 0.3 is 0 Å². The van der Waals surface area contributed by atoms with Crippen molar-refractivity contribution in [2.45, 2.75) is 19.4 Å². The van der Waals surface area contributed by atoms with Crippen LogP contribution < -0.4 is 10.2 Å². The number of pyridine rings is 1. The van der Waals surface area contributed by atoms with E-state index in [1.54, 1.807) is 29.2 Å². The third-order valence-electron chi connectivity index (χ3n) is 3.79. The number of anilines is 2. The van der Waals surface area contributed by atoms with E-state index in [1.807, 2.05) is 0 Å². The first-order valence-corrected chi connectivity index (χ1v) is 7.30. The van der Waals surface area contributed by atoms with Crippen LogP contribution in [0.3, 0.4) is 0 Å². The van der Waals surface area contributed by atoms with Gasteiger partial charge < -0.3 is 10.2 Å². The Morgan fingerprint density at radius 1 is 1.04 bits per heavy atom. The Morgan fingerprint density at radius 2 is 1.67 bits per heavy atom. The van der Waals surface area contributed by atoms with Crippen molar-refractivity contribution in [1.29, 1.82) is 0 Å². The van der Waals surface area contributed by atoms with Gasteiger partial charge in [-0.25, -0.2) is 0 Å². The highest BCUT2D eigenvalue weighted by atomic mass is 19.2. The minimum absolute atomic E-state index is 0.0488. The number of hydrogen-bond acceptors (Lipinski definition) is 3. The maximum atomic E-state index is 13.5. The third kappa shape index (κ3) is 3.04. The Labute approximate surface area is 135 Å². The van der Waals surface area contributed by atoms with Crippen LogP contribution >= 0.6 is 0 Å². The molecule has 2 aromatic rings. The zero-order valence-corrected chi connectivity index (χ0v) is 12.5. The molecule has 0 unspecified atom stereocenters. The molecule has 1 fully saturated rings. The highest BCUT2D eigenvalue weighted by Crippen LogP contribution is 2.24. The SMILES string of the molecule is O=C1CCCN1c1ccc(CNc2c(F)c(F)nc(F)c2F)cc1. The highest BCUT2D eigenvalue weighted by molar-refractivity contribution is 5.95. The molecule has 1 aromatic carbocycles. The van der Waals surface area contributed by atoms with Gasteiger partial charge in [0.2, 0.25) is 17.5 Å². The molecule has 1 aliphatic rings. The zero-order chi connectivity index (χ0) is 17.3. The molecule has 1 aliphatic heterocycles. The molecule has 0 radical (unpaired) electrons. The number of benzene rings is 1. The number of aromatic nitrogens is 1. The molecule has 3 rings (SSSR count). The molecule has 0 atom stereocenters. The van der Waals surface area contributed by atoms with Gasteiger partial charge in [-0.1, -0.05) is 12.1 Å². The van der Waals surface area contributed by atoms with Crippen molar-refractivity contribution in [2.75, 3.05) is 16.8 Å². The van der Waals surface area contributed by atoms with Crippen molar-refractivity contribution in [3.63, 3.8) is 0 Å². The molecule has 2 heterocycles. The predicted molar refractivity (Wildman–Crippen MR) is 79.4 cm³/mol. The Morgan fingerprint density at radius 3 is 2.21 bits per heavy atom. The number of nitrogens with zero attached hydrogens (tertiary/aromatic N) is 2. The van der Waals surface area contributed by atoms with E-state index < -0.39 is 29.2 Å². The molecule has 1 amide bonds. The summed E-state index contributed by atoms with van der Waals surface area (Å²) in [5.74, 6) is -6.52. The Kier molecular flexibility index (Phi) is 4.37. The first-order chi connectivity index (χ1) is 11.5. The van der Waals surface area contributed by atoms with Crippen molar-refractivity contribution in [3.8, 4) is 0 Å². The largest absolute Gasteiger partial charge is 0.376 e. The van der Waals surface area contributed by atoms with Gasteiger partial charge in [0.15, 0.2) is 0 Å². The second-order valence-corrected chi connectivity index (χ2v) is 5.37. The van der Waals surface area contributed by atoms with Gasteiger partial charge in [0.05, 0.1) is 0 Å². The molecule has 8 heteroatoms. The lowest BCUT2D eigenvalue weighted by Crippen LogP contribution is -2.23. The number of amides is 1. The minimum Gasteiger partial charge on any atom is -0.376 e. The zero-order valence-electron chi connectivity index (χ0n) is 12.5. The molecule has 1 aromatic heterocycles. The van der Waals surface area contributed by atoms with Gasteiger partial charge in [-0.15, -0.1) is 0 Å². The number of hydrogen-bond donors (Lipinski definition) is 1. The van der Waals surface area contributed by atoms with Gasteiger partial charge in [0, 0.05) is 25.2 Å². The normalized spacial score (nSPS) is 14.3. The van der Waals surface area contributed by atoms with Crippen molar-refractivity contribution >= 4 is 17.3 Å². The maximum Gasteiger partial charge on any atom is 0.253 e. The second-order valence-electron chi connectivity index (χ2n) is 5.37. The first kappa shape index (κ1) is 16.2. The van der Waals surface area contributed by atoms with E-state index in [1.165, 1.54) is 0 Å². The fraction of sp³-hybridized carbons (Fsp3) is 0.250. The van der Waals surface area contributed by atoms with E-state index in [4.69, 9.17) is 0 Å². The molecule has 1 N–H and O–H groups in total. The topological polar surface area (TPSA) is 45.2 Å². The molecule has 0 saturated carbocycles. The Bertz CT molecular complexity index is 754. The summed E-state index contributed by atoms with van der Waals surface area (Å²) in [6.07, 6.45) is 1.32. The summed E-state index contributed by atoms with van der Waals surface area (Å²) in [6, 6.07) is 6.75. The summed E-state index contributed by atoms with van der Waals surface area (Å²) in [5, 5.41) is 2.33. The lowest BCUT2D eigenvalue weighted by atomic mass is 10.2. The number of halogens is 4. The molecule has 1 saturated heterocycles. The van der Waals surface area contributed by atoms with E-state index in [0.29, 0.717) is 18.5 Å². The predicted octanol–water partition coefficient (Wildman–Crippen LogP) is 3.38. The van der Waals surface area contributed by atoms with E-state index in [0.717, 1.165) is 12.1 Å². The smallest absolute Gasteiger partial charge is 0.253 e. The quantitative estimate of drug-likeness (QED) is 0.686. The van der Waals surface area contributed by atoms with Gasteiger partial charge in [0.1, 0.15) is 5.69 Å². The molecule has 0 aliphatic carbocycles. The summed E-state index contributed by atoms with van der Waals surface area (Å²) in [7, 11) is 0. The average Bonchev–Trinajstić information content (AvgIpc) is 3.00. The van der Waals surface area contributed by atoms with E-state index in [9.17, 15) is 22.4 Å². The van der Waals surface area contributed by atoms with Crippen molar-refractivity contribution < 1.29 is 22.4 Å². The molecular formula is C16H13F4N3O. The summed E-state index contributed by atoms with van der Waals surface area (Å²) in [4.78, 5) is 15.8. The summed E-state index contributed by atoms with van der Waals surface area (Å²) in [6.45, 7) is 0.605. The monoisotopic (exact) mass is 339 g/mol. The average molecular weight is 339 g/mol. The summed E-state index contributed by atoms with van der Waals surface area (Å²) in [5.41, 5.74) is 0.459. The van der Waals surface area contributed by atoms with Crippen LogP contribution in [0.1, 0.15) is 18.4 Å². The van der Waals surface area contributed by atoms with Crippen LogP contribution in [0.4, 0.5) is 28.9 Å². The lowest BCUT2D eigenvalue weighted by molar-refractivity contribution is -0.117. The second kappa shape index (κ2) is 6.46. The third-order valence-corrected chi connectivity index (χ3v) is 3.79. The van der Waals surface area contributed by atoms with Crippen molar-refractivity contribution in [2.24, 2.45) is 0 Å². The maximum absolute atomic E-state index is 13.5. The Balaban J connectivity index is 1.73. The van der Waals surface area contributed by atoms with Crippen LogP contribution in [0, 0.1) is 23.5 Å². The van der Waals surface area contributed by atoms with E-state index in [2.05, 4.69) is 10.3 Å². The van der Waals surface area contributed by atoms with Gasteiger partial charge in [0.25, 0.3) is 11.9 Å². The molecule has 0 spiro atoms. The van der Waals surface area contributed by atoms with Gasteiger partial charge in [-0.05, 0) is 24.1 Å². The van der Waals surface area contributed by atoms with Gasteiger partial charge in [-0.3, -0.25) is 4.79 Å². The van der Waals surface area contributed by atoms with E-state index >= 15 is 0 Å². The van der Waals surface area contributed by atoms with Gasteiger partial charge in [-0.2, -0.15) is 22.5 Å². The van der Waals surface area contributed by atoms with E-state index in [-0.39, 0.29) is 12.5 Å².